The zero-order chi connectivity index (χ0) is 13.1. The van der Waals surface area contributed by atoms with Crippen LogP contribution in [0, 0.1) is 23.7 Å². The number of anilines is 1. The van der Waals surface area contributed by atoms with Crippen molar-refractivity contribution in [2.24, 2.45) is 0 Å². The Labute approximate surface area is 100 Å². The van der Waals surface area contributed by atoms with Crippen LogP contribution in [0.2, 0.25) is 0 Å². The van der Waals surface area contributed by atoms with Gasteiger partial charge in [-0.3, -0.25) is 0 Å². The molecule has 6 heteroatoms. The van der Waals surface area contributed by atoms with Gasteiger partial charge in [0.05, 0.1) is 23.4 Å². The fourth-order valence-corrected chi connectivity index (χ4v) is 2.47. The Bertz CT molecular complexity index is 609. The van der Waals surface area contributed by atoms with E-state index in [0.29, 0.717) is 5.56 Å². The standard InChI is InChI=1S/C11H11N3O2S/c1-3-8(2)14-17(15,16)11-5-4-9(7-12)6-10(11)13/h1,4-6,8,14H,13H2,2H3. The van der Waals surface area contributed by atoms with Gasteiger partial charge in [-0.05, 0) is 25.1 Å². The Hall–Kier alpha value is -2.02. The van der Waals surface area contributed by atoms with Crippen LogP contribution in [0.4, 0.5) is 5.69 Å². The summed E-state index contributed by atoms with van der Waals surface area (Å²) >= 11 is 0. The number of sulfonamides is 1. The van der Waals surface area contributed by atoms with Crippen molar-refractivity contribution in [1.29, 1.82) is 5.26 Å². The van der Waals surface area contributed by atoms with E-state index in [0.717, 1.165) is 0 Å². The van der Waals surface area contributed by atoms with Crippen molar-refractivity contribution in [1.82, 2.24) is 4.72 Å². The molecule has 0 aromatic heterocycles. The van der Waals surface area contributed by atoms with Crippen molar-refractivity contribution in [2.75, 3.05) is 5.73 Å². The lowest BCUT2D eigenvalue weighted by atomic mass is 10.2. The third-order valence-electron chi connectivity index (χ3n) is 2.01. The topological polar surface area (TPSA) is 96.0 Å². The number of nitriles is 1. The highest BCUT2D eigenvalue weighted by Crippen LogP contribution is 2.19. The molecule has 0 radical (unpaired) electrons. The molecule has 0 spiro atoms. The number of nitrogens with one attached hydrogen (secondary N) is 1. The normalized spacial score (nSPS) is 12.4. The summed E-state index contributed by atoms with van der Waals surface area (Å²) in [5.41, 5.74) is 5.89. The third kappa shape index (κ3) is 2.97. The van der Waals surface area contributed by atoms with Crippen LogP contribution in [0.5, 0.6) is 0 Å². The maximum absolute atomic E-state index is 11.9. The summed E-state index contributed by atoms with van der Waals surface area (Å²) < 4.78 is 26.0. The molecule has 0 saturated carbocycles. The lowest BCUT2D eigenvalue weighted by Crippen LogP contribution is -2.31. The minimum Gasteiger partial charge on any atom is -0.398 e. The van der Waals surface area contributed by atoms with Crippen molar-refractivity contribution in [3.8, 4) is 18.4 Å². The molecule has 1 atom stereocenters. The van der Waals surface area contributed by atoms with E-state index in [1.54, 1.807) is 0 Å². The molecule has 17 heavy (non-hydrogen) atoms. The van der Waals surface area contributed by atoms with Crippen LogP contribution in [0.15, 0.2) is 23.1 Å². The predicted molar refractivity (Wildman–Crippen MR) is 64.2 cm³/mol. The number of benzene rings is 1. The first kappa shape index (κ1) is 13.0. The summed E-state index contributed by atoms with van der Waals surface area (Å²) in [5.74, 6) is 2.25. The molecule has 0 aliphatic heterocycles. The Morgan fingerprint density at radius 2 is 2.18 bits per heavy atom. The first-order valence-electron chi connectivity index (χ1n) is 4.69. The van der Waals surface area contributed by atoms with E-state index in [4.69, 9.17) is 17.4 Å². The first-order valence-corrected chi connectivity index (χ1v) is 6.17. The molecule has 0 heterocycles. The smallest absolute Gasteiger partial charge is 0.243 e. The van der Waals surface area contributed by atoms with Crippen LogP contribution in [-0.2, 0) is 10.0 Å². The summed E-state index contributed by atoms with van der Waals surface area (Å²) in [7, 11) is -3.75. The molecule has 1 rings (SSSR count). The van der Waals surface area contributed by atoms with Gasteiger partial charge in [0, 0.05) is 0 Å². The fraction of sp³-hybridized carbons (Fsp3) is 0.182. The van der Waals surface area contributed by atoms with Gasteiger partial charge in [-0.2, -0.15) is 9.98 Å². The fourth-order valence-electron chi connectivity index (χ4n) is 1.19. The quantitative estimate of drug-likeness (QED) is 0.600. The second kappa shape index (κ2) is 4.88. The van der Waals surface area contributed by atoms with E-state index in [2.05, 4.69) is 10.6 Å². The van der Waals surface area contributed by atoms with Crippen LogP contribution in [0.3, 0.4) is 0 Å². The molecular weight excluding hydrogens is 238 g/mol. The van der Waals surface area contributed by atoms with Crippen molar-refractivity contribution in [3.05, 3.63) is 23.8 Å². The van der Waals surface area contributed by atoms with E-state index in [9.17, 15) is 8.42 Å². The lowest BCUT2D eigenvalue weighted by Gasteiger charge is -2.10. The number of hydrogen-bond acceptors (Lipinski definition) is 4. The van der Waals surface area contributed by atoms with Crippen LogP contribution in [0.1, 0.15) is 12.5 Å². The molecule has 5 nitrogen and oxygen atoms in total. The van der Waals surface area contributed by atoms with Crippen LogP contribution >= 0.6 is 0 Å². The summed E-state index contributed by atoms with van der Waals surface area (Å²) in [4.78, 5) is -0.0846. The molecule has 0 amide bonds. The molecule has 0 aliphatic carbocycles. The van der Waals surface area contributed by atoms with Gasteiger partial charge in [0.1, 0.15) is 4.90 Å². The summed E-state index contributed by atoms with van der Waals surface area (Å²) in [6.45, 7) is 1.54. The summed E-state index contributed by atoms with van der Waals surface area (Å²) in [5, 5.41) is 8.64. The molecular formula is C11H11N3O2S. The number of nitrogens with zero attached hydrogens (tertiary/aromatic N) is 1. The van der Waals surface area contributed by atoms with E-state index >= 15 is 0 Å². The largest absolute Gasteiger partial charge is 0.398 e. The van der Waals surface area contributed by atoms with Gasteiger partial charge in [-0.1, -0.05) is 5.92 Å². The Balaban J connectivity index is 3.18. The van der Waals surface area contributed by atoms with Crippen LogP contribution < -0.4 is 10.5 Å². The average Bonchev–Trinajstić information content (AvgIpc) is 2.27. The second-order valence-corrected chi connectivity index (χ2v) is 5.06. The summed E-state index contributed by atoms with van der Waals surface area (Å²) in [6, 6.07) is 5.20. The minimum absolute atomic E-state index is 0.0146. The highest BCUT2D eigenvalue weighted by atomic mass is 32.2. The number of rotatable bonds is 3. The number of terminal acetylenes is 1. The van der Waals surface area contributed by atoms with Gasteiger partial charge < -0.3 is 5.73 Å². The van der Waals surface area contributed by atoms with Gasteiger partial charge in [-0.15, -0.1) is 6.42 Å². The maximum Gasteiger partial charge on any atom is 0.243 e. The third-order valence-corrected chi connectivity index (χ3v) is 3.62. The highest BCUT2D eigenvalue weighted by Gasteiger charge is 2.19. The molecule has 0 saturated heterocycles. The molecule has 0 aliphatic rings. The van der Waals surface area contributed by atoms with Crippen molar-refractivity contribution in [2.45, 2.75) is 17.9 Å². The molecule has 88 valence electrons. The summed E-state index contributed by atoms with van der Waals surface area (Å²) in [6.07, 6.45) is 5.09. The van der Waals surface area contributed by atoms with E-state index in [1.165, 1.54) is 25.1 Å². The molecule has 0 bridgehead atoms. The van der Waals surface area contributed by atoms with Gasteiger partial charge in [0.15, 0.2) is 0 Å². The second-order valence-electron chi connectivity index (χ2n) is 3.37. The van der Waals surface area contributed by atoms with Crippen molar-refractivity contribution < 1.29 is 8.42 Å². The van der Waals surface area contributed by atoms with Gasteiger partial charge >= 0.3 is 0 Å². The molecule has 1 aromatic carbocycles. The highest BCUT2D eigenvalue weighted by molar-refractivity contribution is 7.89. The minimum atomic E-state index is -3.75. The predicted octanol–water partition coefficient (Wildman–Crippen LogP) is 0.440. The molecule has 3 N–H and O–H groups in total. The van der Waals surface area contributed by atoms with Crippen LogP contribution in [-0.4, -0.2) is 14.5 Å². The zero-order valence-electron chi connectivity index (χ0n) is 9.14. The van der Waals surface area contributed by atoms with Crippen LogP contribution in [0.25, 0.3) is 0 Å². The molecule has 1 aromatic rings. The Morgan fingerprint density at radius 3 is 2.65 bits per heavy atom. The molecule has 1 unspecified atom stereocenters. The van der Waals surface area contributed by atoms with Crippen molar-refractivity contribution in [3.63, 3.8) is 0 Å². The molecule has 0 fully saturated rings. The average molecular weight is 249 g/mol. The van der Waals surface area contributed by atoms with E-state index in [1.807, 2.05) is 6.07 Å². The number of hydrogen-bond donors (Lipinski definition) is 2. The van der Waals surface area contributed by atoms with Gasteiger partial charge in [-0.25, -0.2) is 8.42 Å². The van der Waals surface area contributed by atoms with E-state index < -0.39 is 16.1 Å². The number of nitrogen functional groups attached to an aromatic ring is 1. The monoisotopic (exact) mass is 249 g/mol. The SMILES string of the molecule is C#CC(C)NS(=O)(=O)c1ccc(C#N)cc1N. The Kier molecular flexibility index (Phi) is 3.74. The van der Waals surface area contributed by atoms with Gasteiger partial charge in [0.25, 0.3) is 0 Å². The first-order chi connectivity index (χ1) is 7.90. The Morgan fingerprint density at radius 1 is 1.53 bits per heavy atom. The van der Waals surface area contributed by atoms with Crippen molar-refractivity contribution >= 4 is 15.7 Å². The maximum atomic E-state index is 11.9. The number of nitrogens with two attached hydrogens (primary N) is 1. The lowest BCUT2D eigenvalue weighted by molar-refractivity contribution is 0.578. The van der Waals surface area contributed by atoms with E-state index in [-0.39, 0.29) is 10.6 Å². The van der Waals surface area contributed by atoms with Gasteiger partial charge in [0.2, 0.25) is 10.0 Å². The zero-order valence-corrected chi connectivity index (χ0v) is 9.95.